The van der Waals surface area contributed by atoms with Crippen molar-refractivity contribution in [3.63, 3.8) is 0 Å². The van der Waals surface area contributed by atoms with E-state index in [1.54, 1.807) is 19.1 Å². The van der Waals surface area contributed by atoms with E-state index in [1.807, 2.05) is 19.1 Å². The van der Waals surface area contributed by atoms with Crippen LogP contribution >= 0.6 is 0 Å². The molecule has 0 saturated carbocycles. The fourth-order valence-corrected chi connectivity index (χ4v) is 1.11. The SMILES string of the molecule is CCNC(=O)O/N=C/C(=O)Nc1ccc(C)cc1. The van der Waals surface area contributed by atoms with Gasteiger partial charge in [-0.05, 0) is 26.0 Å². The van der Waals surface area contributed by atoms with Crippen LogP contribution in [0, 0.1) is 6.92 Å². The maximum absolute atomic E-state index is 11.4. The molecule has 0 bridgehead atoms. The number of anilines is 1. The Morgan fingerprint density at radius 1 is 1.33 bits per heavy atom. The van der Waals surface area contributed by atoms with E-state index in [9.17, 15) is 9.59 Å². The first-order valence-corrected chi connectivity index (χ1v) is 5.47. The van der Waals surface area contributed by atoms with E-state index in [4.69, 9.17) is 0 Å². The Bertz CT molecular complexity index is 440. The monoisotopic (exact) mass is 249 g/mol. The van der Waals surface area contributed by atoms with Crippen LogP contribution in [0.2, 0.25) is 0 Å². The summed E-state index contributed by atoms with van der Waals surface area (Å²) in [6.45, 7) is 4.13. The van der Waals surface area contributed by atoms with Gasteiger partial charge in [0.15, 0.2) is 0 Å². The van der Waals surface area contributed by atoms with Crippen molar-refractivity contribution in [3.05, 3.63) is 29.8 Å². The standard InChI is InChI=1S/C12H15N3O3/c1-3-13-12(17)18-14-8-11(16)15-10-6-4-9(2)5-7-10/h4-8H,3H2,1-2H3,(H,13,17)(H,15,16)/b14-8+. The highest BCUT2D eigenvalue weighted by Gasteiger charge is 2.00. The highest BCUT2D eigenvalue weighted by atomic mass is 16.7. The second kappa shape index (κ2) is 7.05. The van der Waals surface area contributed by atoms with Crippen molar-refractivity contribution in [1.82, 2.24) is 5.32 Å². The van der Waals surface area contributed by atoms with Crippen LogP contribution in [0.25, 0.3) is 0 Å². The molecule has 1 aromatic rings. The minimum atomic E-state index is -0.697. The van der Waals surface area contributed by atoms with E-state index in [2.05, 4.69) is 20.6 Å². The highest BCUT2D eigenvalue weighted by molar-refractivity contribution is 6.31. The molecule has 0 unspecified atom stereocenters. The van der Waals surface area contributed by atoms with Crippen LogP contribution in [-0.2, 0) is 9.63 Å². The predicted molar refractivity (Wildman–Crippen MR) is 68.5 cm³/mol. The molecule has 0 saturated heterocycles. The van der Waals surface area contributed by atoms with Crippen LogP contribution in [0.5, 0.6) is 0 Å². The van der Waals surface area contributed by atoms with Gasteiger partial charge in [-0.3, -0.25) is 9.63 Å². The summed E-state index contributed by atoms with van der Waals surface area (Å²) in [4.78, 5) is 26.6. The number of aryl methyl sites for hydroxylation is 1. The quantitative estimate of drug-likeness (QED) is 0.484. The molecule has 0 aliphatic heterocycles. The molecule has 2 amide bonds. The summed E-state index contributed by atoms with van der Waals surface area (Å²) in [5.41, 5.74) is 1.75. The molecule has 18 heavy (non-hydrogen) atoms. The van der Waals surface area contributed by atoms with E-state index >= 15 is 0 Å². The number of rotatable bonds is 4. The van der Waals surface area contributed by atoms with Crippen molar-refractivity contribution >= 4 is 23.9 Å². The van der Waals surface area contributed by atoms with Gasteiger partial charge in [-0.2, -0.15) is 0 Å². The summed E-state index contributed by atoms with van der Waals surface area (Å²) in [5.74, 6) is -0.469. The van der Waals surface area contributed by atoms with E-state index in [0.717, 1.165) is 11.8 Å². The van der Waals surface area contributed by atoms with Crippen molar-refractivity contribution in [2.45, 2.75) is 13.8 Å². The molecular weight excluding hydrogens is 234 g/mol. The number of amides is 2. The number of carbonyl (C=O) groups excluding carboxylic acids is 2. The fraction of sp³-hybridized carbons (Fsp3) is 0.250. The zero-order valence-electron chi connectivity index (χ0n) is 10.3. The Labute approximate surface area is 105 Å². The van der Waals surface area contributed by atoms with Crippen LogP contribution in [-0.4, -0.2) is 24.8 Å². The lowest BCUT2D eigenvalue weighted by Gasteiger charge is -2.01. The molecule has 0 atom stereocenters. The molecule has 6 heteroatoms. The van der Waals surface area contributed by atoms with Crippen LogP contribution in [0.3, 0.4) is 0 Å². The zero-order chi connectivity index (χ0) is 13.4. The average Bonchev–Trinajstić information content (AvgIpc) is 2.32. The van der Waals surface area contributed by atoms with Gasteiger partial charge in [0, 0.05) is 12.2 Å². The van der Waals surface area contributed by atoms with Gasteiger partial charge in [0.1, 0.15) is 6.21 Å². The first-order valence-electron chi connectivity index (χ1n) is 5.47. The third-order valence-electron chi connectivity index (χ3n) is 1.95. The zero-order valence-corrected chi connectivity index (χ0v) is 10.3. The van der Waals surface area contributed by atoms with Crippen molar-refractivity contribution in [2.75, 3.05) is 11.9 Å². The Kier molecular flexibility index (Phi) is 5.37. The topological polar surface area (TPSA) is 79.8 Å². The Hall–Kier alpha value is -2.37. The molecule has 0 aliphatic carbocycles. The molecule has 1 aromatic carbocycles. The van der Waals surface area contributed by atoms with Crippen LogP contribution < -0.4 is 10.6 Å². The summed E-state index contributed by atoms with van der Waals surface area (Å²) < 4.78 is 0. The first-order chi connectivity index (χ1) is 8.61. The van der Waals surface area contributed by atoms with Crippen molar-refractivity contribution in [3.8, 4) is 0 Å². The van der Waals surface area contributed by atoms with Gasteiger partial charge in [-0.15, -0.1) is 0 Å². The molecule has 96 valence electrons. The van der Waals surface area contributed by atoms with Crippen molar-refractivity contribution in [1.29, 1.82) is 0 Å². The van der Waals surface area contributed by atoms with Gasteiger partial charge in [0.2, 0.25) is 0 Å². The van der Waals surface area contributed by atoms with Gasteiger partial charge in [0.05, 0.1) is 0 Å². The first kappa shape index (κ1) is 13.7. The van der Waals surface area contributed by atoms with Crippen molar-refractivity contribution in [2.24, 2.45) is 5.16 Å². The minimum Gasteiger partial charge on any atom is -0.321 e. The molecule has 1 rings (SSSR count). The number of nitrogens with one attached hydrogen (secondary N) is 2. The number of oxime groups is 1. The molecular formula is C12H15N3O3. The molecule has 6 nitrogen and oxygen atoms in total. The second-order valence-corrected chi connectivity index (χ2v) is 3.50. The van der Waals surface area contributed by atoms with Gasteiger partial charge in [0.25, 0.3) is 5.91 Å². The minimum absolute atomic E-state index is 0.434. The smallest absolute Gasteiger partial charge is 0.321 e. The van der Waals surface area contributed by atoms with E-state index in [1.165, 1.54) is 0 Å². The predicted octanol–water partition coefficient (Wildman–Crippen LogP) is 1.67. The number of benzene rings is 1. The van der Waals surface area contributed by atoms with Gasteiger partial charge in [-0.1, -0.05) is 22.9 Å². The number of hydrogen-bond acceptors (Lipinski definition) is 4. The fourth-order valence-electron chi connectivity index (χ4n) is 1.11. The van der Waals surface area contributed by atoms with E-state index in [0.29, 0.717) is 12.2 Å². The van der Waals surface area contributed by atoms with Crippen LogP contribution in [0.4, 0.5) is 10.5 Å². The highest BCUT2D eigenvalue weighted by Crippen LogP contribution is 2.07. The Balaban J connectivity index is 2.39. The van der Waals surface area contributed by atoms with Crippen LogP contribution in [0.1, 0.15) is 12.5 Å². The summed E-state index contributed by atoms with van der Waals surface area (Å²) in [5, 5.41) is 8.20. The summed E-state index contributed by atoms with van der Waals surface area (Å²) >= 11 is 0. The third kappa shape index (κ3) is 5.11. The van der Waals surface area contributed by atoms with E-state index < -0.39 is 12.0 Å². The Morgan fingerprint density at radius 2 is 2.00 bits per heavy atom. The largest absolute Gasteiger partial charge is 0.433 e. The summed E-state index contributed by atoms with van der Waals surface area (Å²) in [6, 6.07) is 7.29. The third-order valence-corrected chi connectivity index (χ3v) is 1.95. The number of nitrogens with zero attached hydrogens (tertiary/aromatic N) is 1. The molecule has 2 N–H and O–H groups in total. The maximum atomic E-state index is 11.4. The molecule has 0 aromatic heterocycles. The van der Waals surface area contributed by atoms with E-state index in [-0.39, 0.29) is 0 Å². The van der Waals surface area contributed by atoms with Gasteiger partial charge in [-0.25, -0.2) is 4.79 Å². The number of hydrogen-bond donors (Lipinski definition) is 2. The lowest BCUT2D eigenvalue weighted by atomic mass is 10.2. The molecule has 0 fully saturated rings. The molecule has 0 heterocycles. The number of carbonyl (C=O) groups is 2. The summed E-state index contributed by atoms with van der Waals surface area (Å²) in [7, 11) is 0. The average molecular weight is 249 g/mol. The Morgan fingerprint density at radius 3 is 2.61 bits per heavy atom. The summed E-state index contributed by atoms with van der Waals surface area (Å²) in [6.07, 6.45) is 0.201. The lowest BCUT2D eigenvalue weighted by Crippen LogP contribution is -2.22. The normalized spacial score (nSPS) is 10.1. The van der Waals surface area contributed by atoms with Gasteiger partial charge >= 0.3 is 6.09 Å². The second-order valence-electron chi connectivity index (χ2n) is 3.50. The maximum Gasteiger partial charge on any atom is 0.433 e. The lowest BCUT2D eigenvalue weighted by molar-refractivity contribution is -0.110. The van der Waals surface area contributed by atoms with Crippen LogP contribution in [0.15, 0.2) is 29.4 Å². The molecule has 0 spiro atoms. The molecule has 0 radical (unpaired) electrons. The van der Waals surface area contributed by atoms with Gasteiger partial charge < -0.3 is 10.6 Å². The van der Waals surface area contributed by atoms with Crippen molar-refractivity contribution < 1.29 is 14.4 Å². The molecule has 0 aliphatic rings.